The van der Waals surface area contributed by atoms with Gasteiger partial charge in [-0.1, -0.05) is 91.0 Å². The SMILES string of the molecule is COc1ccc(C2=NN(C(=O)/C=C/c3ccccc3)C(c3ccccc3)C2)c(OC(=O)/C=C/c2ccccc2)c1. The molecular weight excluding hydrogens is 500 g/mol. The second-order valence-electron chi connectivity index (χ2n) is 9.13. The summed E-state index contributed by atoms with van der Waals surface area (Å²) in [6.45, 7) is 0. The number of benzene rings is 4. The summed E-state index contributed by atoms with van der Waals surface area (Å²) in [5.74, 6) is 0.0677. The van der Waals surface area contributed by atoms with Crippen LogP contribution in [-0.2, 0) is 9.59 Å². The molecule has 0 radical (unpaired) electrons. The highest BCUT2D eigenvalue weighted by Crippen LogP contribution is 2.36. The van der Waals surface area contributed by atoms with E-state index >= 15 is 0 Å². The average Bonchev–Trinajstić information content (AvgIpc) is 3.46. The predicted octanol–water partition coefficient (Wildman–Crippen LogP) is 6.71. The van der Waals surface area contributed by atoms with Crippen molar-refractivity contribution in [3.63, 3.8) is 0 Å². The molecule has 0 spiro atoms. The van der Waals surface area contributed by atoms with Gasteiger partial charge in [-0.2, -0.15) is 5.10 Å². The van der Waals surface area contributed by atoms with Crippen molar-refractivity contribution >= 4 is 29.7 Å². The molecule has 5 rings (SSSR count). The number of ether oxygens (including phenoxy) is 2. The Kier molecular flexibility index (Phi) is 8.27. The molecule has 6 nitrogen and oxygen atoms in total. The van der Waals surface area contributed by atoms with Crippen molar-refractivity contribution in [3.05, 3.63) is 144 Å². The lowest BCUT2D eigenvalue weighted by Crippen LogP contribution is -2.25. The zero-order valence-electron chi connectivity index (χ0n) is 22.0. The Hall–Kier alpha value is -5.23. The molecule has 0 bridgehead atoms. The molecule has 0 N–H and O–H groups in total. The number of hydrazone groups is 1. The molecule has 0 fully saturated rings. The van der Waals surface area contributed by atoms with Crippen molar-refractivity contribution < 1.29 is 19.1 Å². The number of carbonyl (C=O) groups is 2. The number of hydrogen-bond donors (Lipinski definition) is 0. The first kappa shape index (κ1) is 26.4. The summed E-state index contributed by atoms with van der Waals surface area (Å²) in [6, 6.07) is 33.8. The Morgan fingerprint density at radius 1 is 0.800 bits per heavy atom. The van der Waals surface area contributed by atoms with Gasteiger partial charge in [0.25, 0.3) is 5.91 Å². The number of nitrogens with zero attached hydrogens (tertiary/aromatic N) is 2. The molecule has 1 amide bonds. The predicted molar refractivity (Wildman–Crippen MR) is 157 cm³/mol. The molecule has 4 aromatic carbocycles. The molecule has 1 aliphatic rings. The Balaban J connectivity index is 1.45. The van der Waals surface area contributed by atoms with Crippen LogP contribution in [0.5, 0.6) is 11.5 Å². The minimum atomic E-state index is -0.532. The molecule has 1 unspecified atom stereocenters. The van der Waals surface area contributed by atoms with Crippen LogP contribution in [0.3, 0.4) is 0 Å². The Labute approximate surface area is 233 Å². The Morgan fingerprint density at radius 2 is 1.40 bits per heavy atom. The van der Waals surface area contributed by atoms with Crippen molar-refractivity contribution in [1.82, 2.24) is 5.01 Å². The second-order valence-corrected chi connectivity index (χ2v) is 9.13. The highest BCUT2D eigenvalue weighted by Gasteiger charge is 2.33. The summed E-state index contributed by atoms with van der Waals surface area (Å²) in [7, 11) is 1.55. The standard InChI is InChI=1S/C34H28N2O4/c1-39-28-19-20-29(32(23-28)40-34(38)22-18-26-13-7-3-8-14-26)30-24-31(27-15-9-4-10-16-27)36(35-30)33(37)21-17-25-11-5-2-6-12-25/h2-23,31H,24H2,1H3/b21-17+,22-18+. The lowest BCUT2D eigenvalue weighted by molar-refractivity contribution is -0.129. The fourth-order valence-corrected chi connectivity index (χ4v) is 4.44. The molecule has 198 valence electrons. The van der Waals surface area contributed by atoms with Crippen LogP contribution in [-0.4, -0.2) is 29.7 Å². The number of amides is 1. The van der Waals surface area contributed by atoms with Gasteiger partial charge in [-0.25, -0.2) is 9.80 Å². The number of carbonyl (C=O) groups excluding carboxylic acids is 2. The van der Waals surface area contributed by atoms with E-state index in [2.05, 4.69) is 0 Å². The highest BCUT2D eigenvalue weighted by molar-refractivity contribution is 6.07. The van der Waals surface area contributed by atoms with Crippen molar-refractivity contribution in [1.29, 1.82) is 0 Å². The van der Waals surface area contributed by atoms with Crippen LogP contribution in [0.25, 0.3) is 12.2 Å². The molecule has 40 heavy (non-hydrogen) atoms. The summed E-state index contributed by atoms with van der Waals surface area (Å²) >= 11 is 0. The summed E-state index contributed by atoms with van der Waals surface area (Å²) in [4.78, 5) is 26.1. The lowest BCUT2D eigenvalue weighted by Gasteiger charge is -2.20. The van der Waals surface area contributed by atoms with Crippen molar-refractivity contribution in [2.75, 3.05) is 7.11 Å². The maximum Gasteiger partial charge on any atom is 0.336 e. The highest BCUT2D eigenvalue weighted by atomic mass is 16.5. The lowest BCUT2D eigenvalue weighted by atomic mass is 9.98. The summed E-state index contributed by atoms with van der Waals surface area (Å²) in [5, 5.41) is 6.24. The van der Waals surface area contributed by atoms with Gasteiger partial charge in [-0.05, 0) is 41.0 Å². The first-order chi connectivity index (χ1) is 19.6. The van der Waals surface area contributed by atoms with Crippen LogP contribution in [0, 0.1) is 0 Å². The minimum absolute atomic E-state index is 0.245. The van der Waals surface area contributed by atoms with Gasteiger partial charge in [0.1, 0.15) is 11.5 Å². The number of rotatable bonds is 8. The molecular formula is C34H28N2O4. The van der Waals surface area contributed by atoms with Gasteiger partial charge in [0.15, 0.2) is 0 Å². The van der Waals surface area contributed by atoms with E-state index in [1.54, 1.807) is 37.5 Å². The van der Waals surface area contributed by atoms with Gasteiger partial charge in [0.05, 0.1) is 18.9 Å². The van der Waals surface area contributed by atoms with E-state index in [-0.39, 0.29) is 11.9 Å². The summed E-state index contributed by atoms with van der Waals surface area (Å²) in [6.07, 6.45) is 6.83. The van der Waals surface area contributed by atoms with Crippen LogP contribution >= 0.6 is 0 Å². The zero-order chi connectivity index (χ0) is 27.7. The molecule has 6 heteroatoms. The van der Waals surface area contributed by atoms with Gasteiger partial charge in [0, 0.05) is 30.2 Å². The summed E-state index contributed by atoms with van der Waals surface area (Å²) in [5.41, 5.74) is 4.01. The quantitative estimate of drug-likeness (QED) is 0.145. The molecule has 0 saturated heterocycles. The van der Waals surface area contributed by atoms with E-state index < -0.39 is 5.97 Å². The van der Waals surface area contributed by atoms with Crippen molar-refractivity contribution in [2.45, 2.75) is 12.5 Å². The molecule has 1 atom stereocenters. The van der Waals surface area contributed by atoms with Gasteiger partial charge in [-0.3, -0.25) is 4.79 Å². The first-order valence-corrected chi connectivity index (χ1v) is 12.9. The molecule has 0 aliphatic carbocycles. The van der Waals surface area contributed by atoms with E-state index in [9.17, 15) is 9.59 Å². The number of hydrogen-bond acceptors (Lipinski definition) is 5. The van der Waals surface area contributed by atoms with E-state index in [1.165, 1.54) is 17.2 Å². The van der Waals surface area contributed by atoms with Crippen LogP contribution < -0.4 is 9.47 Å². The van der Waals surface area contributed by atoms with Gasteiger partial charge < -0.3 is 9.47 Å². The smallest absolute Gasteiger partial charge is 0.336 e. The minimum Gasteiger partial charge on any atom is -0.497 e. The topological polar surface area (TPSA) is 68.2 Å². The molecule has 1 heterocycles. The fraction of sp³-hybridized carbons (Fsp3) is 0.0882. The number of methoxy groups -OCH3 is 1. The third-order valence-corrected chi connectivity index (χ3v) is 6.46. The van der Waals surface area contributed by atoms with Crippen molar-refractivity contribution in [2.24, 2.45) is 5.10 Å². The van der Waals surface area contributed by atoms with Crippen LogP contribution in [0.1, 0.15) is 34.7 Å². The first-order valence-electron chi connectivity index (χ1n) is 12.9. The number of esters is 1. The molecule has 0 saturated carbocycles. The monoisotopic (exact) mass is 528 g/mol. The van der Waals surface area contributed by atoms with Gasteiger partial charge in [0.2, 0.25) is 0 Å². The largest absolute Gasteiger partial charge is 0.497 e. The zero-order valence-corrected chi connectivity index (χ0v) is 22.0. The van der Waals surface area contributed by atoms with Crippen LogP contribution in [0.4, 0.5) is 0 Å². The normalized spacial score (nSPS) is 14.9. The maximum absolute atomic E-state index is 13.4. The third kappa shape index (κ3) is 6.42. The fourth-order valence-electron chi connectivity index (χ4n) is 4.44. The van der Waals surface area contributed by atoms with Crippen LogP contribution in [0.15, 0.2) is 126 Å². The van der Waals surface area contributed by atoms with E-state index in [0.717, 1.165) is 16.7 Å². The Bertz CT molecular complexity index is 1560. The third-order valence-electron chi connectivity index (χ3n) is 6.46. The maximum atomic E-state index is 13.4. The molecule has 1 aliphatic heterocycles. The van der Waals surface area contributed by atoms with Gasteiger partial charge in [-0.15, -0.1) is 0 Å². The molecule has 4 aromatic rings. The van der Waals surface area contributed by atoms with Gasteiger partial charge >= 0.3 is 5.97 Å². The average molecular weight is 529 g/mol. The summed E-state index contributed by atoms with van der Waals surface area (Å²) < 4.78 is 11.1. The van der Waals surface area contributed by atoms with E-state index in [1.807, 2.05) is 91.0 Å². The van der Waals surface area contributed by atoms with Crippen LogP contribution in [0.2, 0.25) is 0 Å². The Morgan fingerprint density at radius 3 is 2.02 bits per heavy atom. The van der Waals surface area contributed by atoms with Crippen molar-refractivity contribution in [3.8, 4) is 11.5 Å². The van der Waals surface area contributed by atoms with E-state index in [4.69, 9.17) is 14.6 Å². The molecule has 0 aromatic heterocycles. The van der Waals surface area contributed by atoms with E-state index in [0.29, 0.717) is 29.2 Å². The second kappa shape index (κ2) is 12.5.